The zero-order chi connectivity index (χ0) is 19.2. The van der Waals surface area contributed by atoms with Gasteiger partial charge in [-0.1, -0.05) is 78.1 Å². The van der Waals surface area contributed by atoms with Gasteiger partial charge in [-0.2, -0.15) is 0 Å². The van der Waals surface area contributed by atoms with Crippen molar-refractivity contribution in [1.82, 2.24) is 0 Å². The van der Waals surface area contributed by atoms with Crippen molar-refractivity contribution in [2.75, 3.05) is 6.61 Å². The number of rotatable bonds is 14. The monoisotopic (exact) mass is 368 g/mol. The Kier molecular flexibility index (Phi) is 12.4. The third-order valence-electron chi connectivity index (χ3n) is 5.79. The second kappa shape index (κ2) is 14.1. The molecule has 0 radical (unpaired) electrons. The lowest BCUT2D eigenvalue weighted by molar-refractivity contribution is -0.163. The normalized spacial score (nSPS) is 22.9. The molecule has 0 aromatic heterocycles. The third kappa shape index (κ3) is 8.55. The van der Waals surface area contributed by atoms with Crippen LogP contribution in [-0.2, 0) is 14.3 Å². The topological polar surface area (TPSA) is 63.6 Å². The van der Waals surface area contributed by atoms with Crippen LogP contribution in [0.25, 0.3) is 0 Å². The second-order valence-electron chi connectivity index (χ2n) is 7.95. The number of ether oxygens (including phenoxy) is 1. The molecule has 1 aliphatic carbocycles. The van der Waals surface area contributed by atoms with Crippen LogP contribution in [0.4, 0.5) is 0 Å². The van der Waals surface area contributed by atoms with Crippen molar-refractivity contribution in [3.63, 3.8) is 0 Å². The first-order valence-corrected chi connectivity index (χ1v) is 11.0. The zero-order valence-electron chi connectivity index (χ0n) is 17.0. The molecule has 1 fully saturated rings. The minimum atomic E-state index is -0.830. The maximum Gasteiger partial charge on any atom is 0.310 e. The van der Waals surface area contributed by atoms with Gasteiger partial charge in [-0.3, -0.25) is 9.59 Å². The quantitative estimate of drug-likeness (QED) is 0.303. The average Bonchev–Trinajstić information content (AvgIpc) is 2.63. The van der Waals surface area contributed by atoms with Crippen molar-refractivity contribution in [1.29, 1.82) is 0 Å². The summed E-state index contributed by atoms with van der Waals surface area (Å²) in [6.07, 6.45) is 15.1. The Labute approximate surface area is 160 Å². The molecule has 0 aromatic carbocycles. The van der Waals surface area contributed by atoms with E-state index in [0.717, 1.165) is 51.4 Å². The van der Waals surface area contributed by atoms with Gasteiger partial charge in [0.15, 0.2) is 0 Å². The van der Waals surface area contributed by atoms with Crippen LogP contribution in [0.1, 0.15) is 104 Å². The molecule has 1 aliphatic rings. The summed E-state index contributed by atoms with van der Waals surface area (Å²) in [5.41, 5.74) is 0. The van der Waals surface area contributed by atoms with Crippen LogP contribution in [0.2, 0.25) is 0 Å². The lowest BCUT2D eigenvalue weighted by Gasteiger charge is -2.34. The lowest BCUT2D eigenvalue weighted by Crippen LogP contribution is -2.39. The fraction of sp³-hybridized carbons (Fsp3) is 0.909. The molecular formula is C22H40O4. The van der Waals surface area contributed by atoms with Crippen molar-refractivity contribution in [3.05, 3.63) is 0 Å². The fourth-order valence-corrected chi connectivity index (χ4v) is 4.23. The van der Waals surface area contributed by atoms with Gasteiger partial charge in [-0.05, 0) is 31.6 Å². The highest BCUT2D eigenvalue weighted by Crippen LogP contribution is 2.39. The number of carboxylic acid groups (broad SMARTS) is 1. The number of aliphatic carboxylic acids is 1. The lowest BCUT2D eigenvalue weighted by atomic mass is 9.70. The molecule has 0 bridgehead atoms. The number of carbonyl (C=O) groups is 2. The minimum absolute atomic E-state index is 0.179. The first kappa shape index (κ1) is 23.0. The van der Waals surface area contributed by atoms with Crippen molar-refractivity contribution in [2.45, 2.75) is 104 Å². The third-order valence-corrected chi connectivity index (χ3v) is 5.79. The van der Waals surface area contributed by atoms with E-state index in [-0.39, 0.29) is 11.9 Å². The number of carbonyl (C=O) groups excluding carboxylic acids is 1. The van der Waals surface area contributed by atoms with Crippen molar-refractivity contribution in [2.24, 2.45) is 17.8 Å². The molecule has 1 saturated carbocycles. The van der Waals surface area contributed by atoms with Gasteiger partial charge < -0.3 is 9.84 Å². The summed E-state index contributed by atoms with van der Waals surface area (Å²) in [5, 5.41) is 9.55. The summed E-state index contributed by atoms with van der Waals surface area (Å²) < 4.78 is 5.52. The Morgan fingerprint density at radius 3 is 2.15 bits per heavy atom. The largest absolute Gasteiger partial charge is 0.481 e. The standard InChI is InChI=1S/C22H40O4/c1-3-5-7-8-9-10-12-17-26-22(25)20-18(14-11-6-4-2)15-13-16-19(20)21(23)24/h18-20H,3-17H2,1-2H3,(H,23,24). The van der Waals surface area contributed by atoms with Gasteiger partial charge in [0.05, 0.1) is 18.4 Å². The molecule has 0 aromatic rings. The van der Waals surface area contributed by atoms with E-state index in [4.69, 9.17) is 4.74 Å². The summed E-state index contributed by atoms with van der Waals surface area (Å²) in [4.78, 5) is 24.3. The van der Waals surface area contributed by atoms with E-state index in [1.165, 1.54) is 32.1 Å². The van der Waals surface area contributed by atoms with Crippen LogP contribution in [0.15, 0.2) is 0 Å². The number of esters is 1. The van der Waals surface area contributed by atoms with Crippen LogP contribution in [0.3, 0.4) is 0 Å². The molecule has 0 aliphatic heterocycles. The van der Waals surface area contributed by atoms with E-state index in [2.05, 4.69) is 13.8 Å². The second-order valence-corrected chi connectivity index (χ2v) is 7.95. The molecule has 3 atom stereocenters. The first-order valence-electron chi connectivity index (χ1n) is 11.0. The van der Waals surface area contributed by atoms with E-state index in [9.17, 15) is 14.7 Å². The molecule has 4 nitrogen and oxygen atoms in total. The Bertz CT molecular complexity index is 394. The van der Waals surface area contributed by atoms with Crippen molar-refractivity contribution in [3.8, 4) is 0 Å². The Hall–Kier alpha value is -1.06. The van der Waals surface area contributed by atoms with Crippen LogP contribution in [0, 0.1) is 17.8 Å². The first-order chi connectivity index (χ1) is 12.6. The molecule has 1 N–H and O–H groups in total. The van der Waals surface area contributed by atoms with E-state index in [1.807, 2.05) is 0 Å². The molecule has 0 amide bonds. The maximum atomic E-state index is 12.6. The average molecular weight is 369 g/mol. The number of carboxylic acids is 1. The van der Waals surface area contributed by atoms with E-state index < -0.39 is 17.8 Å². The van der Waals surface area contributed by atoms with Crippen LogP contribution >= 0.6 is 0 Å². The predicted molar refractivity (Wildman–Crippen MR) is 105 cm³/mol. The summed E-state index contributed by atoms with van der Waals surface area (Å²) in [6, 6.07) is 0. The Balaban J connectivity index is 2.41. The number of unbranched alkanes of at least 4 members (excludes halogenated alkanes) is 8. The van der Waals surface area contributed by atoms with E-state index in [1.54, 1.807) is 0 Å². The highest BCUT2D eigenvalue weighted by molar-refractivity contribution is 5.81. The molecule has 0 heterocycles. The van der Waals surface area contributed by atoms with Gasteiger partial charge in [0, 0.05) is 0 Å². The van der Waals surface area contributed by atoms with Crippen molar-refractivity contribution < 1.29 is 19.4 Å². The van der Waals surface area contributed by atoms with Gasteiger partial charge in [-0.25, -0.2) is 0 Å². The van der Waals surface area contributed by atoms with Gasteiger partial charge in [-0.15, -0.1) is 0 Å². The Morgan fingerprint density at radius 1 is 0.885 bits per heavy atom. The SMILES string of the molecule is CCCCCCCCCOC(=O)C1C(CCCCC)CCCC1C(=O)O. The van der Waals surface area contributed by atoms with Gasteiger partial charge in [0.1, 0.15) is 0 Å². The van der Waals surface area contributed by atoms with Crippen LogP contribution < -0.4 is 0 Å². The highest BCUT2D eigenvalue weighted by atomic mass is 16.5. The summed E-state index contributed by atoms with van der Waals surface area (Å²) in [6.45, 7) is 4.82. The van der Waals surface area contributed by atoms with Crippen molar-refractivity contribution >= 4 is 11.9 Å². The summed E-state index contributed by atoms with van der Waals surface area (Å²) in [7, 11) is 0. The Morgan fingerprint density at radius 2 is 1.50 bits per heavy atom. The van der Waals surface area contributed by atoms with Crippen LogP contribution in [0.5, 0.6) is 0 Å². The number of hydrogen-bond donors (Lipinski definition) is 1. The van der Waals surface area contributed by atoms with Gasteiger partial charge in [0.25, 0.3) is 0 Å². The number of hydrogen-bond acceptors (Lipinski definition) is 3. The molecule has 0 spiro atoms. The fourth-order valence-electron chi connectivity index (χ4n) is 4.23. The molecule has 26 heavy (non-hydrogen) atoms. The highest BCUT2D eigenvalue weighted by Gasteiger charge is 2.42. The smallest absolute Gasteiger partial charge is 0.310 e. The summed E-state index contributed by atoms with van der Waals surface area (Å²) in [5.74, 6) is -1.91. The maximum absolute atomic E-state index is 12.6. The minimum Gasteiger partial charge on any atom is -0.481 e. The molecule has 1 rings (SSSR count). The van der Waals surface area contributed by atoms with Gasteiger partial charge >= 0.3 is 11.9 Å². The van der Waals surface area contributed by atoms with E-state index >= 15 is 0 Å². The predicted octanol–water partition coefficient (Wildman–Crippen LogP) is 5.98. The molecule has 152 valence electrons. The molecular weight excluding hydrogens is 328 g/mol. The molecule has 0 saturated heterocycles. The van der Waals surface area contributed by atoms with Crippen LogP contribution in [-0.4, -0.2) is 23.7 Å². The van der Waals surface area contributed by atoms with Gasteiger partial charge in [0.2, 0.25) is 0 Å². The zero-order valence-corrected chi connectivity index (χ0v) is 17.0. The molecule has 4 heteroatoms. The van der Waals surface area contributed by atoms with E-state index in [0.29, 0.717) is 13.0 Å². The molecule has 3 unspecified atom stereocenters. The summed E-state index contributed by atoms with van der Waals surface area (Å²) >= 11 is 0.